The van der Waals surface area contributed by atoms with Gasteiger partial charge in [-0.3, -0.25) is 4.79 Å². The molecule has 1 amide bonds. The summed E-state index contributed by atoms with van der Waals surface area (Å²) < 4.78 is 6.37. The summed E-state index contributed by atoms with van der Waals surface area (Å²) in [6, 6.07) is 13.2. The normalized spacial score (nSPS) is 22.8. The van der Waals surface area contributed by atoms with Gasteiger partial charge < -0.3 is 9.74 Å². The van der Waals surface area contributed by atoms with Crippen LogP contribution in [0.1, 0.15) is 32.3 Å². The summed E-state index contributed by atoms with van der Waals surface area (Å²) in [5.74, 6) is -0.0415. The molecule has 2 atom stereocenters. The maximum atomic E-state index is 11.8. The van der Waals surface area contributed by atoms with Gasteiger partial charge in [-0.15, -0.1) is 0 Å². The molecule has 1 saturated heterocycles. The highest BCUT2D eigenvalue weighted by atomic mass is 28.4. The fraction of sp³-hybridized carbons (Fsp3) is 0.533. The van der Waals surface area contributed by atoms with Crippen LogP contribution in [0.4, 0.5) is 0 Å². The molecule has 1 fully saturated rings. The third-order valence-corrected chi connectivity index (χ3v) is 8.96. The summed E-state index contributed by atoms with van der Waals surface area (Å²) in [6.45, 7) is 6.62. The molecule has 104 valence electrons. The molecule has 0 unspecified atom stereocenters. The number of carbonyl (C=O) groups is 1. The number of benzene rings is 1. The van der Waals surface area contributed by atoms with Gasteiger partial charge in [0.15, 0.2) is 8.32 Å². The molecule has 3 nitrogen and oxygen atoms in total. The van der Waals surface area contributed by atoms with E-state index in [9.17, 15) is 4.79 Å². The molecule has 0 bridgehead atoms. The number of carbonyl (C=O) groups excluding carboxylic acids is 1. The molecule has 2 rings (SSSR count). The van der Waals surface area contributed by atoms with Crippen LogP contribution < -0.4 is 5.32 Å². The van der Waals surface area contributed by atoms with E-state index in [1.165, 1.54) is 0 Å². The zero-order valence-corrected chi connectivity index (χ0v) is 13.0. The Balaban J connectivity index is 2.12. The SMILES string of the molecule is CC[Si](CC)(CC)O[C@H]1NC(=O)[C@H]1c1ccccc1. The summed E-state index contributed by atoms with van der Waals surface area (Å²) in [7, 11) is -1.67. The molecule has 0 aliphatic carbocycles. The smallest absolute Gasteiger partial charge is 0.234 e. The first-order valence-electron chi connectivity index (χ1n) is 7.19. The van der Waals surface area contributed by atoms with Gasteiger partial charge in [0, 0.05) is 0 Å². The molecule has 1 heterocycles. The van der Waals surface area contributed by atoms with Crippen LogP contribution in [0.3, 0.4) is 0 Å². The van der Waals surface area contributed by atoms with Crippen LogP contribution in [0.25, 0.3) is 0 Å². The second-order valence-electron chi connectivity index (χ2n) is 5.18. The Morgan fingerprint density at radius 1 is 1.11 bits per heavy atom. The van der Waals surface area contributed by atoms with E-state index in [0.29, 0.717) is 0 Å². The molecule has 0 aromatic heterocycles. The average molecular weight is 277 g/mol. The van der Waals surface area contributed by atoms with E-state index in [-0.39, 0.29) is 18.1 Å². The van der Waals surface area contributed by atoms with Crippen molar-refractivity contribution in [2.75, 3.05) is 0 Å². The van der Waals surface area contributed by atoms with E-state index in [2.05, 4.69) is 26.1 Å². The van der Waals surface area contributed by atoms with Crippen molar-refractivity contribution in [1.29, 1.82) is 0 Å². The number of β-lactam (4-membered cyclic amide) rings is 1. The Labute approximate surface area is 116 Å². The topological polar surface area (TPSA) is 38.3 Å². The Bertz CT molecular complexity index is 423. The lowest BCUT2D eigenvalue weighted by Crippen LogP contribution is -2.61. The highest BCUT2D eigenvalue weighted by molar-refractivity contribution is 6.73. The number of amides is 1. The van der Waals surface area contributed by atoms with Crippen LogP contribution in [-0.4, -0.2) is 20.5 Å². The molecule has 0 saturated carbocycles. The third kappa shape index (κ3) is 2.74. The maximum Gasteiger partial charge on any atom is 0.234 e. The van der Waals surface area contributed by atoms with Gasteiger partial charge in [-0.2, -0.15) is 0 Å². The van der Waals surface area contributed by atoms with Crippen LogP contribution in [-0.2, 0) is 9.22 Å². The van der Waals surface area contributed by atoms with Gasteiger partial charge >= 0.3 is 0 Å². The first kappa shape index (κ1) is 14.3. The molecular formula is C15H23NO2Si. The van der Waals surface area contributed by atoms with Crippen molar-refractivity contribution in [3.63, 3.8) is 0 Å². The molecule has 1 aromatic rings. The van der Waals surface area contributed by atoms with E-state index < -0.39 is 8.32 Å². The number of hydrogen-bond acceptors (Lipinski definition) is 2. The van der Waals surface area contributed by atoms with Crippen LogP contribution in [0.2, 0.25) is 18.1 Å². The van der Waals surface area contributed by atoms with E-state index in [1.54, 1.807) is 0 Å². The van der Waals surface area contributed by atoms with E-state index >= 15 is 0 Å². The molecule has 1 aromatic carbocycles. The minimum Gasteiger partial charge on any atom is -0.396 e. The Morgan fingerprint density at radius 3 is 2.16 bits per heavy atom. The zero-order chi connectivity index (χ0) is 13.9. The van der Waals surface area contributed by atoms with E-state index in [0.717, 1.165) is 23.7 Å². The van der Waals surface area contributed by atoms with Crippen molar-refractivity contribution in [3.8, 4) is 0 Å². The van der Waals surface area contributed by atoms with Crippen molar-refractivity contribution in [1.82, 2.24) is 5.32 Å². The summed E-state index contributed by atoms with van der Waals surface area (Å²) in [6.07, 6.45) is -0.124. The Hall–Kier alpha value is -1.13. The van der Waals surface area contributed by atoms with E-state index in [4.69, 9.17) is 4.43 Å². The van der Waals surface area contributed by atoms with Gasteiger partial charge in [0.1, 0.15) is 12.1 Å². The van der Waals surface area contributed by atoms with E-state index in [1.807, 2.05) is 30.3 Å². The van der Waals surface area contributed by atoms with Crippen molar-refractivity contribution in [2.24, 2.45) is 0 Å². The molecular weight excluding hydrogens is 254 g/mol. The first-order chi connectivity index (χ1) is 9.15. The fourth-order valence-electron chi connectivity index (χ4n) is 2.71. The summed E-state index contributed by atoms with van der Waals surface area (Å²) in [5.41, 5.74) is 1.06. The lowest BCUT2D eigenvalue weighted by Gasteiger charge is -2.43. The molecule has 1 N–H and O–H groups in total. The standard InChI is InChI=1S/C15H23NO2Si/c1-4-19(5-2,6-3)18-15-13(14(17)16-15)12-10-8-7-9-11-12/h7-11,13,15H,4-6H2,1-3H3,(H,16,17)/t13-,15-/m1/s1. The van der Waals surface area contributed by atoms with Gasteiger partial charge in [0.05, 0.1) is 0 Å². The van der Waals surface area contributed by atoms with Crippen molar-refractivity contribution in [3.05, 3.63) is 35.9 Å². The largest absolute Gasteiger partial charge is 0.396 e. The van der Waals surface area contributed by atoms with Crippen LogP contribution in [0.5, 0.6) is 0 Å². The maximum absolute atomic E-state index is 11.8. The first-order valence-corrected chi connectivity index (χ1v) is 9.72. The minimum absolute atomic E-state index is 0.0856. The summed E-state index contributed by atoms with van der Waals surface area (Å²) in [4.78, 5) is 11.8. The minimum atomic E-state index is -1.67. The monoisotopic (exact) mass is 277 g/mol. The van der Waals surface area contributed by atoms with Crippen molar-refractivity contribution in [2.45, 2.75) is 51.0 Å². The second kappa shape index (κ2) is 5.88. The molecule has 0 radical (unpaired) electrons. The quantitative estimate of drug-likeness (QED) is 0.640. The van der Waals surface area contributed by atoms with Crippen molar-refractivity contribution < 1.29 is 9.22 Å². The average Bonchev–Trinajstić information content (AvgIpc) is 2.45. The second-order valence-corrected chi connectivity index (χ2v) is 9.90. The lowest BCUT2D eigenvalue weighted by molar-refractivity contribution is -0.138. The zero-order valence-electron chi connectivity index (χ0n) is 12.0. The fourth-order valence-corrected chi connectivity index (χ4v) is 5.44. The van der Waals surface area contributed by atoms with Crippen molar-refractivity contribution >= 4 is 14.2 Å². The van der Waals surface area contributed by atoms with Gasteiger partial charge in [-0.25, -0.2) is 0 Å². The number of hydrogen-bond donors (Lipinski definition) is 1. The highest BCUT2D eigenvalue weighted by Gasteiger charge is 2.45. The highest BCUT2D eigenvalue weighted by Crippen LogP contribution is 2.33. The van der Waals surface area contributed by atoms with Gasteiger partial charge in [-0.1, -0.05) is 51.1 Å². The molecule has 19 heavy (non-hydrogen) atoms. The Kier molecular flexibility index (Phi) is 4.42. The predicted octanol–water partition coefficient (Wildman–Crippen LogP) is 3.25. The number of nitrogens with one attached hydrogen (secondary N) is 1. The molecule has 1 aliphatic rings. The van der Waals surface area contributed by atoms with Crippen LogP contribution in [0, 0.1) is 0 Å². The third-order valence-electron chi connectivity index (χ3n) is 4.34. The van der Waals surface area contributed by atoms with Gasteiger partial charge in [0.25, 0.3) is 0 Å². The molecule has 0 spiro atoms. The predicted molar refractivity (Wildman–Crippen MR) is 79.4 cm³/mol. The lowest BCUT2D eigenvalue weighted by atomic mass is 9.91. The van der Waals surface area contributed by atoms with Gasteiger partial charge in [0.2, 0.25) is 5.91 Å². The Morgan fingerprint density at radius 2 is 1.68 bits per heavy atom. The van der Waals surface area contributed by atoms with Crippen LogP contribution >= 0.6 is 0 Å². The molecule has 1 aliphatic heterocycles. The molecule has 4 heteroatoms. The number of rotatable bonds is 6. The van der Waals surface area contributed by atoms with Gasteiger partial charge in [-0.05, 0) is 23.7 Å². The summed E-state index contributed by atoms with van der Waals surface area (Å²) >= 11 is 0. The summed E-state index contributed by atoms with van der Waals surface area (Å²) in [5, 5.41) is 2.92. The van der Waals surface area contributed by atoms with Crippen LogP contribution in [0.15, 0.2) is 30.3 Å².